The molecule has 0 amide bonds. The summed E-state index contributed by atoms with van der Waals surface area (Å²) in [7, 11) is 0. The molecule has 0 unspecified atom stereocenters. The number of nitrogens with two attached hydrogens (primary N) is 1. The third-order valence-corrected chi connectivity index (χ3v) is 4.38. The van der Waals surface area contributed by atoms with Crippen molar-refractivity contribution in [3.05, 3.63) is 36.4 Å². The van der Waals surface area contributed by atoms with E-state index < -0.39 is 0 Å². The van der Waals surface area contributed by atoms with Crippen LogP contribution in [0, 0.1) is 0 Å². The highest BCUT2D eigenvalue weighted by atomic mass is 16.5. The zero-order valence-electron chi connectivity index (χ0n) is 13.6. The highest BCUT2D eigenvalue weighted by Crippen LogP contribution is 2.21. The molecule has 1 fully saturated rings. The fraction of sp³-hybridized carbons (Fsp3) is 0.444. The molecule has 5 heteroatoms. The number of anilines is 1. The Labute approximate surface area is 137 Å². The minimum atomic E-state index is 0.432. The first-order valence-corrected chi connectivity index (χ1v) is 8.29. The van der Waals surface area contributed by atoms with E-state index in [0.29, 0.717) is 5.82 Å². The van der Waals surface area contributed by atoms with E-state index in [1.54, 1.807) is 6.07 Å². The molecule has 0 radical (unpaired) electrons. The fourth-order valence-corrected chi connectivity index (χ4v) is 3.00. The maximum absolute atomic E-state index is 5.83. The van der Waals surface area contributed by atoms with Crippen molar-refractivity contribution in [1.82, 2.24) is 15.1 Å². The third kappa shape index (κ3) is 4.20. The number of benzene rings is 1. The topological polar surface area (TPSA) is 64.3 Å². The molecule has 1 atom stereocenters. The molecule has 0 spiro atoms. The number of likely N-dealkylation sites (tertiary alicyclic amines) is 1. The van der Waals surface area contributed by atoms with Crippen molar-refractivity contribution >= 4 is 5.82 Å². The first-order chi connectivity index (χ1) is 11.2. The van der Waals surface area contributed by atoms with E-state index in [4.69, 9.17) is 10.5 Å². The smallest absolute Gasteiger partial charge is 0.146 e. The number of rotatable bonds is 6. The summed E-state index contributed by atoms with van der Waals surface area (Å²) in [6, 6.07) is 12.3. The van der Waals surface area contributed by atoms with Crippen LogP contribution in [0.2, 0.25) is 0 Å². The predicted molar refractivity (Wildman–Crippen MR) is 92.3 cm³/mol. The molecule has 1 aromatic carbocycles. The van der Waals surface area contributed by atoms with Crippen LogP contribution in [-0.2, 0) is 0 Å². The lowest BCUT2D eigenvalue weighted by atomic mass is 10.1. The Balaban J connectivity index is 1.47. The van der Waals surface area contributed by atoms with Crippen LogP contribution in [-0.4, -0.2) is 40.8 Å². The molecule has 3 rings (SSSR count). The minimum absolute atomic E-state index is 0.432. The van der Waals surface area contributed by atoms with Gasteiger partial charge in [-0.05, 0) is 69.1 Å². The van der Waals surface area contributed by atoms with Gasteiger partial charge >= 0.3 is 0 Å². The molecular formula is C18H24N4O. The molecule has 2 aromatic rings. The Morgan fingerprint density at radius 3 is 2.65 bits per heavy atom. The lowest BCUT2D eigenvalue weighted by Gasteiger charge is -2.20. The fourth-order valence-electron chi connectivity index (χ4n) is 3.00. The summed E-state index contributed by atoms with van der Waals surface area (Å²) in [5, 5.41) is 7.96. The normalized spacial score (nSPS) is 18.2. The number of nitrogens with zero attached hydrogens (tertiary/aromatic N) is 3. The van der Waals surface area contributed by atoms with Gasteiger partial charge in [-0.3, -0.25) is 0 Å². The van der Waals surface area contributed by atoms with Gasteiger partial charge in [0.15, 0.2) is 0 Å². The van der Waals surface area contributed by atoms with Gasteiger partial charge in [0.25, 0.3) is 0 Å². The van der Waals surface area contributed by atoms with Crippen LogP contribution >= 0.6 is 0 Å². The van der Waals surface area contributed by atoms with Gasteiger partial charge in [-0.25, -0.2) is 0 Å². The first kappa shape index (κ1) is 15.7. The average Bonchev–Trinajstić information content (AvgIpc) is 2.98. The molecule has 2 heterocycles. The van der Waals surface area contributed by atoms with Gasteiger partial charge in [0.2, 0.25) is 0 Å². The molecular weight excluding hydrogens is 288 g/mol. The van der Waals surface area contributed by atoms with Gasteiger partial charge < -0.3 is 15.4 Å². The van der Waals surface area contributed by atoms with E-state index >= 15 is 0 Å². The summed E-state index contributed by atoms with van der Waals surface area (Å²) in [4.78, 5) is 2.55. The number of nitrogen functional groups attached to an aromatic ring is 1. The predicted octanol–water partition coefficient (Wildman–Crippen LogP) is 2.98. The standard InChI is InChI=1S/C18H24N4O/c1-14-4-2-11-22(14)12-3-13-23-16-7-5-15(6-8-16)17-9-10-18(19)21-20-17/h5-10,14H,2-4,11-13H2,1H3,(H2,19,21)/t14-/m1/s1. The van der Waals surface area contributed by atoms with Crippen LogP contribution in [0.4, 0.5) is 5.82 Å². The third-order valence-electron chi connectivity index (χ3n) is 4.38. The second-order valence-electron chi connectivity index (χ2n) is 6.10. The van der Waals surface area contributed by atoms with Gasteiger partial charge in [-0.15, -0.1) is 10.2 Å². The van der Waals surface area contributed by atoms with Crippen molar-refractivity contribution in [2.45, 2.75) is 32.2 Å². The van der Waals surface area contributed by atoms with E-state index in [9.17, 15) is 0 Å². The van der Waals surface area contributed by atoms with Crippen molar-refractivity contribution in [3.8, 4) is 17.0 Å². The summed E-state index contributed by atoms with van der Waals surface area (Å²) >= 11 is 0. The molecule has 1 aromatic heterocycles. The largest absolute Gasteiger partial charge is 0.494 e. The molecule has 0 saturated carbocycles. The summed E-state index contributed by atoms with van der Waals surface area (Å²) < 4.78 is 5.83. The summed E-state index contributed by atoms with van der Waals surface area (Å²) in [6.45, 7) is 5.43. The molecule has 23 heavy (non-hydrogen) atoms. The Bertz CT molecular complexity index is 612. The van der Waals surface area contributed by atoms with Gasteiger partial charge in [0.05, 0.1) is 12.3 Å². The van der Waals surface area contributed by atoms with E-state index in [1.165, 1.54) is 19.4 Å². The monoisotopic (exact) mass is 312 g/mol. The van der Waals surface area contributed by atoms with Crippen LogP contribution in [0.25, 0.3) is 11.3 Å². The van der Waals surface area contributed by atoms with Crippen molar-refractivity contribution in [1.29, 1.82) is 0 Å². The molecule has 0 bridgehead atoms. The number of hydrogen-bond donors (Lipinski definition) is 1. The highest BCUT2D eigenvalue weighted by Gasteiger charge is 2.18. The maximum Gasteiger partial charge on any atom is 0.146 e. The zero-order chi connectivity index (χ0) is 16.1. The van der Waals surface area contributed by atoms with Crippen LogP contribution < -0.4 is 10.5 Å². The Morgan fingerprint density at radius 2 is 2.00 bits per heavy atom. The number of aromatic nitrogens is 2. The SMILES string of the molecule is C[C@@H]1CCCN1CCCOc1ccc(-c2ccc(N)nn2)cc1. The second kappa shape index (κ2) is 7.42. The first-order valence-electron chi connectivity index (χ1n) is 8.29. The van der Waals surface area contributed by atoms with Gasteiger partial charge in [0, 0.05) is 18.2 Å². The van der Waals surface area contributed by atoms with Crippen LogP contribution in [0.1, 0.15) is 26.2 Å². The van der Waals surface area contributed by atoms with Gasteiger partial charge in [-0.1, -0.05) is 0 Å². The zero-order valence-corrected chi connectivity index (χ0v) is 13.6. The van der Waals surface area contributed by atoms with Crippen molar-refractivity contribution in [2.24, 2.45) is 0 Å². The number of ether oxygens (including phenoxy) is 1. The lowest BCUT2D eigenvalue weighted by molar-refractivity contribution is 0.230. The Morgan fingerprint density at radius 1 is 1.17 bits per heavy atom. The van der Waals surface area contributed by atoms with Crippen LogP contribution in [0.15, 0.2) is 36.4 Å². The highest BCUT2D eigenvalue weighted by molar-refractivity contribution is 5.60. The average molecular weight is 312 g/mol. The Kier molecular flexibility index (Phi) is 5.08. The van der Waals surface area contributed by atoms with Crippen LogP contribution in [0.3, 0.4) is 0 Å². The lowest BCUT2D eigenvalue weighted by Crippen LogP contribution is -2.28. The molecule has 1 aliphatic heterocycles. The van der Waals surface area contributed by atoms with E-state index in [-0.39, 0.29) is 0 Å². The second-order valence-corrected chi connectivity index (χ2v) is 6.10. The van der Waals surface area contributed by atoms with E-state index in [0.717, 1.165) is 42.6 Å². The minimum Gasteiger partial charge on any atom is -0.494 e. The van der Waals surface area contributed by atoms with Crippen molar-refractivity contribution < 1.29 is 4.74 Å². The summed E-state index contributed by atoms with van der Waals surface area (Å²) in [6.07, 6.45) is 3.73. The summed E-state index contributed by atoms with van der Waals surface area (Å²) in [5.74, 6) is 1.33. The quantitative estimate of drug-likeness (QED) is 0.831. The van der Waals surface area contributed by atoms with Gasteiger partial charge in [-0.2, -0.15) is 0 Å². The molecule has 5 nitrogen and oxygen atoms in total. The maximum atomic E-state index is 5.83. The van der Waals surface area contributed by atoms with E-state index in [1.807, 2.05) is 30.3 Å². The van der Waals surface area contributed by atoms with E-state index in [2.05, 4.69) is 22.0 Å². The van der Waals surface area contributed by atoms with Crippen molar-refractivity contribution in [2.75, 3.05) is 25.4 Å². The van der Waals surface area contributed by atoms with Gasteiger partial charge in [0.1, 0.15) is 11.6 Å². The number of hydrogen-bond acceptors (Lipinski definition) is 5. The molecule has 122 valence electrons. The molecule has 1 saturated heterocycles. The van der Waals surface area contributed by atoms with Crippen LogP contribution in [0.5, 0.6) is 5.75 Å². The van der Waals surface area contributed by atoms with Crippen molar-refractivity contribution in [3.63, 3.8) is 0 Å². The molecule has 2 N–H and O–H groups in total. The Hall–Kier alpha value is -2.14. The summed E-state index contributed by atoms with van der Waals surface area (Å²) in [5.41, 5.74) is 7.38. The molecule has 0 aliphatic carbocycles. The molecule has 1 aliphatic rings.